The number of nitrogens with one attached hydrogen (secondary N) is 1. The fraction of sp³-hybridized carbons (Fsp3) is 0.200. The summed E-state index contributed by atoms with van der Waals surface area (Å²) in [5.41, 5.74) is 0.698. The van der Waals surface area contributed by atoms with Gasteiger partial charge in [-0.25, -0.2) is 0 Å². The molecule has 1 aliphatic rings. The number of benzene rings is 2. The Balaban J connectivity index is 1.69. The second-order valence-electron chi connectivity index (χ2n) is 6.48. The van der Waals surface area contributed by atoms with Crippen LogP contribution in [-0.4, -0.2) is 22.3 Å². The zero-order valence-electron chi connectivity index (χ0n) is 14.9. The van der Waals surface area contributed by atoms with E-state index < -0.39 is 17.6 Å². The molecule has 0 fully saturated rings. The molecule has 144 valence electrons. The topological polar surface area (TPSA) is 56.2 Å². The number of nitrogens with zero attached hydrogens (tertiary/aromatic N) is 2. The van der Waals surface area contributed by atoms with Gasteiger partial charge in [0.1, 0.15) is 5.75 Å². The molecule has 0 radical (unpaired) electrons. The van der Waals surface area contributed by atoms with Gasteiger partial charge in [-0.05, 0) is 35.4 Å². The first kappa shape index (κ1) is 18.1. The fourth-order valence-electron chi connectivity index (χ4n) is 3.25. The average molecular weight is 387 g/mol. The molecule has 0 spiro atoms. The minimum Gasteiger partial charge on any atom is -0.493 e. The Bertz CT molecular complexity index is 1060. The molecule has 0 aliphatic carbocycles. The summed E-state index contributed by atoms with van der Waals surface area (Å²) in [6.45, 7) is 0.568. The van der Waals surface area contributed by atoms with Crippen LogP contribution < -0.4 is 10.1 Å². The van der Waals surface area contributed by atoms with Crippen LogP contribution >= 0.6 is 0 Å². The van der Waals surface area contributed by atoms with Crippen LogP contribution in [0.1, 0.15) is 21.5 Å². The molecular formula is C20H16F3N3O2. The maximum absolute atomic E-state index is 13.4. The fourth-order valence-corrected chi connectivity index (χ4v) is 3.25. The van der Waals surface area contributed by atoms with Gasteiger partial charge < -0.3 is 10.1 Å². The van der Waals surface area contributed by atoms with Crippen molar-refractivity contribution >= 4 is 11.7 Å². The Kier molecular flexibility index (Phi) is 4.33. The van der Waals surface area contributed by atoms with Crippen molar-refractivity contribution in [2.45, 2.75) is 12.6 Å². The third-order valence-electron chi connectivity index (χ3n) is 4.53. The van der Waals surface area contributed by atoms with Crippen molar-refractivity contribution in [3.8, 4) is 16.9 Å². The van der Waals surface area contributed by atoms with Gasteiger partial charge in [-0.15, -0.1) is 0 Å². The number of hydrogen-bond acceptors (Lipinski definition) is 3. The Morgan fingerprint density at radius 1 is 1.18 bits per heavy atom. The van der Waals surface area contributed by atoms with E-state index >= 15 is 0 Å². The summed E-state index contributed by atoms with van der Waals surface area (Å²) in [4.78, 5) is 12.7. The molecule has 1 aliphatic heterocycles. The Morgan fingerprint density at radius 2 is 1.96 bits per heavy atom. The van der Waals surface area contributed by atoms with Crippen molar-refractivity contribution in [3.63, 3.8) is 0 Å². The monoisotopic (exact) mass is 387 g/mol. The molecule has 28 heavy (non-hydrogen) atoms. The number of fused-ring (bicyclic) bond motifs is 1. The van der Waals surface area contributed by atoms with Crippen LogP contribution in [0.5, 0.6) is 5.75 Å². The highest BCUT2D eigenvalue weighted by Crippen LogP contribution is 2.39. The van der Waals surface area contributed by atoms with Gasteiger partial charge in [0, 0.05) is 30.8 Å². The number of ether oxygens (including phenoxy) is 1. The van der Waals surface area contributed by atoms with E-state index in [0.29, 0.717) is 18.6 Å². The lowest BCUT2D eigenvalue weighted by atomic mass is 10.0. The van der Waals surface area contributed by atoms with Gasteiger partial charge in [0.15, 0.2) is 5.82 Å². The lowest BCUT2D eigenvalue weighted by Gasteiger charge is -2.13. The van der Waals surface area contributed by atoms with Crippen molar-refractivity contribution < 1.29 is 22.7 Å². The van der Waals surface area contributed by atoms with Crippen molar-refractivity contribution in [1.82, 2.24) is 9.78 Å². The normalized spacial score (nSPS) is 13.1. The molecule has 8 heteroatoms. The zero-order valence-corrected chi connectivity index (χ0v) is 14.9. The number of anilines is 1. The van der Waals surface area contributed by atoms with Crippen LogP contribution in [0, 0.1) is 0 Å². The summed E-state index contributed by atoms with van der Waals surface area (Å²) in [6.07, 6.45) is -2.35. The predicted octanol–water partition coefficient (Wildman–Crippen LogP) is 4.29. The maximum Gasteiger partial charge on any atom is 0.417 e. The van der Waals surface area contributed by atoms with Crippen molar-refractivity contribution in [2.75, 3.05) is 11.9 Å². The van der Waals surface area contributed by atoms with E-state index in [9.17, 15) is 18.0 Å². The van der Waals surface area contributed by atoms with Gasteiger partial charge in [-0.2, -0.15) is 18.3 Å². The van der Waals surface area contributed by atoms with Crippen LogP contribution in [0.15, 0.2) is 48.7 Å². The molecule has 0 bridgehead atoms. The highest BCUT2D eigenvalue weighted by Gasteiger charge is 2.34. The summed E-state index contributed by atoms with van der Waals surface area (Å²) in [6, 6.07) is 10.3. The highest BCUT2D eigenvalue weighted by molar-refractivity contribution is 6.05. The molecule has 1 N–H and O–H groups in total. The lowest BCUT2D eigenvalue weighted by molar-refractivity contribution is -0.137. The minimum absolute atomic E-state index is 0.0410. The van der Waals surface area contributed by atoms with E-state index in [1.165, 1.54) is 29.1 Å². The SMILES string of the molecule is Cn1cc(-c2ccccc2C(F)(F)F)c(NC(=O)c2ccc3c(c2)CCO3)n1. The van der Waals surface area contributed by atoms with Crippen LogP contribution in [0.4, 0.5) is 19.0 Å². The second-order valence-corrected chi connectivity index (χ2v) is 6.48. The number of aromatic nitrogens is 2. The van der Waals surface area contributed by atoms with E-state index in [4.69, 9.17) is 4.74 Å². The second kappa shape index (κ2) is 6.70. The maximum atomic E-state index is 13.4. The first-order valence-corrected chi connectivity index (χ1v) is 8.60. The van der Waals surface area contributed by atoms with Gasteiger partial charge in [-0.3, -0.25) is 9.48 Å². The number of halogens is 3. The van der Waals surface area contributed by atoms with E-state index in [-0.39, 0.29) is 16.9 Å². The molecule has 0 saturated heterocycles. The average Bonchev–Trinajstić information content (AvgIpc) is 3.26. The number of hydrogen-bond donors (Lipinski definition) is 1. The van der Waals surface area contributed by atoms with E-state index in [0.717, 1.165) is 17.4 Å². The van der Waals surface area contributed by atoms with Gasteiger partial charge in [0.05, 0.1) is 12.2 Å². The van der Waals surface area contributed by atoms with E-state index in [1.807, 2.05) is 0 Å². The molecule has 2 aromatic carbocycles. The Morgan fingerprint density at radius 3 is 2.75 bits per heavy atom. The van der Waals surface area contributed by atoms with Gasteiger partial charge >= 0.3 is 6.18 Å². The standard InChI is InChI=1S/C20H16F3N3O2/c1-26-11-15(14-4-2-3-5-16(14)20(21,22)23)18(25-26)24-19(27)13-6-7-17-12(10-13)8-9-28-17/h2-7,10-11H,8-9H2,1H3,(H,24,25,27). The van der Waals surface area contributed by atoms with Gasteiger partial charge in [-0.1, -0.05) is 18.2 Å². The van der Waals surface area contributed by atoms with E-state index in [2.05, 4.69) is 10.4 Å². The summed E-state index contributed by atoms with van der Waals surface area (Å²) in [5.74, 6) is 0.370. The number of carbonyl (C=O) groups is 1. The predicted molar refractivity (Wildman–Crippen MR) is 97.2 cm³/mol. The number of rotatable bonds is 3. The lowest BCUT2D eigenvalue weighted by Crippen LogP contribution is -2.14. The smallest absolute Gasteiger partial charge is 0.417 e. The molecule has 3 aromatic rings. The Hall–Kier alpha value is -3.29. The number of amides is 1. The van der Waals surface area contributed by atoms with Crippen LogP contribution in [0.25, 0.3) is 11.1 Å². The third-order valence-corrected chi connectivity index (χ3v) is 4.53. The molecule has 1 amide bonds. The summed E-state index contributed by atoms with van der Waals surface area (Å²) >= 11 is 0. The van der Waals surface area contributed by atoms with Crippen molar-refractivity contribution in [2.24, 2.45) is 7.05 Å². The minimum atomic E-state index is -4.52. The van der Waals surface area contributed by atoms with Crippen molar-refractivity contribution in [3.05, 3.63) is 65.4 Å². The zero-order chi connectivity index (χ0) is 19.9. The van der Waals surface area contributed by atoms with E-state index in [1.54, 1.807) is 25.2 Å². The van der Waals surface area contributed by atoms with Gasteiger partial charge in [0.25, 0.3) is 5.91 Å². The Labute approximate surface area is 158 Å². The first-order valence-electron chi connectivity index (χ1n) is 8.60. The largest absolute Gasteiger partial charge is 0.493 e. The molecular weight excluding hydrogens is 371 g/mol. The molecule has 2 heterocycles. The summed E-state index contributed by atoms with van der Waals surface area (Å²) < 4.78 is 47.0. The van der Waals surface area contributed by atoms with Crippen LogP contribution in [0.2, 0.25) is 0 Å². The molecule has 0 unspecified atom stereocenters. The molecule has 0 saturated carbocycles. The first-order chi connectivity index (χ1) is 13.3. The molecule has 5 nitrogen and oxygen atoms in total. The molecule has 4 rings (SSSR count). The quantitative estimate of drug-likeness (QED) is 0.729. The number of aryl methyl sites for hydroxylation is 1. The summed E-state index contributed by atoms with van der Waals surface area (Å²) in [5, 5.41) is 6.78. The van der Waals surface area contributed by atoms with Gasteiger partial charge in [0.2, 0.25) is 0 Å². The summed E-state index contributed by atoms with van der Waals surface area (Å²) in [7, 11) is 1.59. The number of carbonyl (C=O) groups excluding carboxylic acids is 1. The van der Waals surface area contributed by atoms with Crippen LogP contribution in [-0.2, 0) is 19.6 Å². The van der Waals surface area contributed by atoms with Crippen LogP contribution in [0.3, 0.4) is 0 Å². The van der Waals surface area contributed by atoms with Crippen molar-refractivity contribution in [1.29, 1.82) is 0 Å². The molecule has 0 atom stereocenters. The number of alkyl halides is 3. The third kappa shape index (κ3) is 3.33. The molecule has 1 aromatic heterocycles. The highest BCUT2D eigenvalue weighted by atomic mass is 19.4.